The second-order valence-corrected chi connectivity index (χ2v) is 6.82. The molecule has 1 heterocycles. The maximum Gasteiger partial charge on any atom is 0.227 e. The predicted molar refractivity (Wildman–Crippen MR) is 94.3 cm³/mol. The van der Waals surface area contributed by atoms with Crippen molar-refractivity contribution in [2.24, 2.45) is 17.6 Å². The first kappa shape index (κ1) is 19.0. The molecule has 22 heavy (non-hydrogen) atoms. The third-order valence-corrected chi connectivity index (χ3v) is 4.34. The van der Waals surface area contributed by atoms with Crippen LogP contribution in [0.25, 0.3) is 0 Å². The zero-order chi connectivity index (χ0) is 15.4. The topological polar surface area (TPSA) is 46.3 Å². The van der Waals surface area contributed by atoms with E-state index < -0.39 is 0 Å². The van der Waals surface area contributed by atoms with E-state index in [0.29, 0.717) is 30.8 Å². The molecule has 3 nitrogen and oxygen atoms in total. The van der Waals surface area contributed by atoms with Gasteiger partial charge in [0.25, 0.3) is 0 Å². The minimum absolute atomic E-state index is 0. The van der Waals surface area contributed by atoms with Gasteiger partial charge in [-0.3, -0.25) is 4.79 Å². The van der Waals surface area contributed by atoms with Gasteiger partial charge >= 0.3 is 0 Å². The van der Waals surface area contributed by atoms with Gasteiger partial charge in [0, 0.05) is 12.6 Å². The Hall–Kier alpha value is -1.06. The molecule has 0 aromatic heterocycles. The van der Waals surface area contributed by atoms with Crippen LogP contribution in [-0.4, -0.2) is 29.9 Å². The summed E-state index contributed by atoms with van der Waals surface area (Å²) in [6.07, 6.45) is 2.63. The molecule has 124 valence electrons. The van der Waals surface area contributed by atoms with Gasteiger partial charge < -0.3 is 10.6 Å². The van der Waals surface area contributed by atoms with Crippen LogP contribution in [0.5, 0.6) is 0 Å². The molecule has 4 heteroatoms. The Morgan fingerprint density at radius 3 is 2.36 bits per heavy atom. The number of hydrogen-bond donors (Lipinski definition) is 1. The lowest BCUT2D eigenvalue weighted by molar-refractivity contribution is -0.131. The summed E-state index contributed by atoms with van der Waals surface area (Å²) in [5.41, 5.74) is 8.18. The van der Waals surface area contributed by atoms with Crippen LogP contribution in [0.1, 0.15) is 38.3 Å². The van der Waals surface area contributed by atoms with Crippen molar-refractivity contribution in [2.45, 2.75) is 46.1 Å². The van der Waals surface area contributed by atoms with Gasteiger partial charge in [-0.25, -0.2) is 0 Å². The van der Waals surface area contributed by atoms with Crippen LogP contribution in [0.4, 0.5) is 0 Å². The lowest BCUT2D eigenvalue weighted by Crippen LogP contribution is -2.35. The highest BCUT2D eigenvalue weighted by Crippen LogP contribution is 2.23. The smallest absolute Gasteiger partial charge is 0.227 e. The molecule has 2 rings (SSSR count). The fraction of sp³-hybridized carbons (Fsp3) is 0.611. The molecule has 2 unspecified atom stereocenters. The zero-order valence-electron chi connectivity index (χ0n) is 13.9. The summed E-state index contributed by atoms with van der Waals surface area (Å²) < 4.78 is 0. The number of halogens is 1. The standard InChI is InChI=1S/C18H28N2O.ClH/c1-13(2)8-15-4-6-16(7-5-15)10-18(21)20-12-17(11-19)9-14(20)3;/h4-7,13-14,17H,8-12,19H2,1-3H3;1H. The summed E-state index contributed by atoms with van der Waals surface area (Å²) >= 11 is 0. The van der Waals surface area contributed by atoms with Crippen molar-refractivity contribution in [2.75, 3.05) is 13.1 Å². The summed E-state index contributed by atoms with van der Waals surface area (Å²) in [6, 6.07) is 8.82. The van der Waals surface area contributed by atoms with E-state index in [4.69, 9.17) is 5.73 Å². The molecule has 1 aromatic carbocycles. The van der Waals surface area contributed by atoms with E-state index in [-0.39, 0.29) is 18.3 Å². The number of rotatable bonds is 5. The van der Waals surface area contributed by atoms with Crippen molar-refractivity contribution in [1.29, 1.82) is 0 Å². The molecule has 2 atom stereocenters. The number of hydrogen-bond acceptors (Lipinski definition) is 2. The van der Waals surface area contributed by atoms with Gasteiger partial charge in [-0.05, 0) is 49.3 Å². The van der Waals surface area contributed by atoms with Crippen molar-refractivity contribution >= 4 is 18.3 Å². The summed E-state index contributed by atoms with van der Waals surface area (Å²) in [5.74, 6) is 1.36. The Labute approximate surface area is 140 Å². The van der Waals surface area contributed by atoms with Gasteiger partial charge in [-0.2, -0.15) is 0 Å². The van der Waals surface area contributed by atoms with Gasteiger partial charge in [0.1, 0.15) is 0 Å². The molecule has 1 amide bonds. The minimum Gasteiger partial charge on any atom is -0.339 e. The van der Waals surface area contributed by atoms with Crippen LogP contribution in [0.2, 0.25) is 0 Å². The second-order valence-electron chi connectivity index (χ2n) is 6.82. The third-order valence-electron chi connectivity index (χ3n) is 4.34. The molecule has 0 spiro atoms. The number of amides is 1. The summed E-state index contributed by atoms with van der Waals surface area (Å²) in [5, 5.41) is 0. The SMILES string of the molecule is CC(C)Cc1ccc(CC(=O)N2CC(CN)CC2C)cc1.Cl. The highest BCUT2D eigenvalue weighted by Gasteiger charge is 2.31. The normalized spacial score (nSPS) is 21.0. The van der Waals surface area contributed by atoms with Crippen LogP contribution >= 0.6 is 12.4 Å². The predicted octanol–water partition coefficient (Wildman–Crippen LogP) is 3.05. The average Bonchev–Trinajstić information content (AvgIpc) is 2.82. The van der Waals surface area contributed by atoms with E-state index in [1.807, 2.05) is 4.90 Å². The van der Waals surface area contributed by atoms with E-state index in [1.54, 1.807) is 0 Å². The maximum absolute atomic E-state index is 12.4. The maximum atomic E-state index is 12.4. The number of likely N-dealkylation sites (tertiary alicyclic amines) is 1. The number of carbonyl (C=O) groups is 1. The quantitative estimate of drug-likeness (QED) is 0.905. The van der Waals surface area contributed by atoms with Gasteiger partial charge in [0.15, 0.2) is 0 Å². The Morgan fingerprint density at radius 1 is 1.27 bits per heavy atom. The van der Waals surface area contributed by atoms with E-state index in [1.165, 1.54) is 5.56 Å². The monoisotopic (exact) mass is 324 g/mol. The molecular weight excluding hydrogens is 296 g/mol. The van der Waals surface area contributed by atoms with E-state index in [2.05, 4.69) is 45.0 Å². The molecule has 0 aliphatic carbocycles. The Kier molecular flexibility index (Phi) is 7.37. The summed E-state index contributed by atoms with van der Waals surface area (Å²) in [6.45, 7) is 8.07. The lowest BCUT2D eigenvalue weighted by atomic mass is 10.0. The van der Waals surface area contributed by atoms with E-state index >= 15 is 0 Å². The summed E-state index contributed by atoms with van der Waals surface area (Å²) in [7, 11) is 0. The van der Waals surface area contributed by atoms with Gasteiger partial charge in [0.2, 0.25) is 5.91 Å². The molecule has 0 saturated carbocycles. The van der Waals surface area contributed by atoms with Crippen molar-refractivity contribution in [3.8, 4) is 0 Å². The second kappa shape index (κ2) is 8.54. The highest BCUT2D eigenvalue weighted by molar-refractivity contribution is 5.85. The third kappa shape index (κ3) is 4.99. The fourth-order valence-corrected chi connectivity index (χ4v) is 3.20. The average molecular weight is 325 g/mol. The van der Waals surface area contributed by atoms with E-state index in [9.17, 15) is 4.79 Å². The first-order valence-corrected chi connectivity index (χ1v) is 8.07. The molecule has 1 fully saturated rings. The summed E-state index contributed by atoms with van der Waals surface area (Å²) in [4.78, 5) is 14.4. The Bertz CT molecular complexity index is 472. The molecule has 0 bridgehead atoms. The molecule has 1 aliphatic rings. The van der Waals surface area contributed by atoms with E-state index in [0.717, 1.165) is 24.9 Å². The number of nitrogens with zero attached hydrogens (tertiary/aromatic N) is 1. The first-order valence-electron chi connectivity index (χ1n) is 8.07. The van der Waals surface area contributed by atoms with Crippen molar-refractivity contribution in [3.63, 3.8) is 0 Å². The number of benzene rings is 1. The van der Waals surface area contributed by atoms with Crippen LogP contribution in [-0.2, 0) is 17.6 Å². The number of carbonyl (C=O) groups excluding carboxylic acids is 1. The van der Waals surface area contributed by atoms with Gasteiger partial charge in [-0.15, -0.1) is 12.4 Å². The van der Waals surface area contributed by atoms with Crippen molar-refractivity contribution in [3.05, 3.63) is 35.4 Å². The lowest BCUT2D eigenvalue weighted by Gasteiger charge is -2.21. The first-order chi connectivity index (χ1) is 9.99. The number of nitrogens with two attached hydrogens (primary N) is 1. The zero-order valence-corrected chi connectivity index (χ0v) is 14.7. The molecule has 0 radical (unpaired) electrons. The van der Waals surface area contributed by atoms with Gasteiger partial charge in [-0.1, -0.05) is 38.1 Å². The van der Waals surface area contributed by atoms with Crippen LogP contribution in [0.3, 0.4) is 0 Å². The highest BCUT2D eigenvalue weighted by atomic mass is 35.5. The van der Waals surface area contributed by atoms with Gasteiger partial charge in [0.05, 0.1) is 6.42 Å². The Morgan fingerprint density at radius 2 is 1.86 bits per heavy atom. The largest absolute Gasteiger partial charge is 0.339 e. The Balaban J connectivity index is 0.00000242. The van der Waals surface area contributed by atoms with Crippen LogP contribution < -0.4 is 5.73 Å². The van der Waals surface area contributed by atoms with Crippen molar-refractivity contribution in [1.82, 2.24) is 4.90 Å². The molecular formula is C18H29ClN2O. The minimum atomic E-state index is 0. The molecule has 2 N–H and O–H groups in total. The fourth-order valence-electron chi connectivity index (χ4n) is 3.20. The molecule has 1 aliphatic heterocycles. The van der Waals surface area contributed by atoms with Crippen LogP contribution in [0.15, 0.2) is 24.3 Å². The van der Waals surface area contributed by atoms with Crippen molar-refractivity contribution < 1.29 is 4.79 Å². The molecule has 1 saturated heterocycles. The van der Waals surface area contributed by atoms with Crippen LogP contribution in [0, 0.1) is 11.8 Å². The molecule has 1 aromatic rings.